The molecule has 2 aromatic heterocycles. The summed E-state index contributed by atoms with van der Waals surface area (Å²) in [5.41, 5.74) is 5.49. The molecule has 1 amide bonds. The van der Waals surface area contributed by atoms with E-state index in [1.54, 1.807) is 17.4 Å². The maximum Gasteiger partial charge on any atom is 0.255 e. The lowest BCUT2D eigenvalue weighted by atomic mass is 9.90. The monoisotopic (exact) mass is 460 g/mol. The molecule has 4 rings (SSSR count). The van der Waals surface area contributed by atoms with Crippen LogP contribution in [0.15, 0.2) is 72.9 Å². The van der Waals surface area contributed by atoms with E-state index in [0.717, 1.165) is 28.1 Å². The molecule has 0 unspecified atom stereocenters. The van der Waals surface area contributed by atoms with E-state index in [1.165, 1.54) is 9.75 Å². The predicted octanol–water partition coefficient (Wildman–Crippen LogP) is 7.99. The maximum atomic E-state index is 12.6. The Kier molecular flexibility index (Phi) is 6.18. The molecule has 0 bridgehead atoms. The van der Waals surface area contributed by atoms with Gasteiger partial charge in [0.1, 0.15) is 0 Å². The van der Waals surface area contributed by atoms with Gasteiger partial charge in [0.15, 0.2) is 0 Å². The van der Waals surface area contributed by atoms with Gasteiger partial charge in [-0.3, -0.25) is 9.78 Å². The van der Waals surface area contributed by atoms with Crippen molar-refractivity contribution in [3.05, 3.63) is 94.1 Å². The number of pyridine rings is 1. The molecule has 2 aromatic carbocycles. The maximum absolute atomic E-state index is 12.6. The van der Waals surface area contributed by atoms with E-state index >= 15 is 0 Å². The fourth-order valence-electron chi connectivity index (χ4n) is 3.49. The smallest absolute Gasteiger partial charge is 0.255 e. The Morgan fingerprint density at radius 2 is 1.72 bits per heavy atom. The van der Waals surface area contributed by atoms with Gasteiger partial charge < -0.3 is 5.32 Å². The number of para-hydroxylation sites is 1. The van der Waals surface area contributed by atoms with Crippen LogP contribution < -0.4 is 5.32 Å². The van der Waals surface area contributed by atoms with Crippen LogP contribution in [-0.4, -0.2) is 10.9 Å². The number of carbonyl (C=O) groups is 1. The summed E-state index contributed by atoms with van der Waals surface area (Å²) in [5, 5.41) is 3.46. The highest BCUT2D eigenvalue weighted by atomic mass is 35.5. The third-order valence-electron chi connectivity index (χ3n) is 5.28. The molecule has 2 heterocycles. The van der Waals surface area contributed by atoms with Gasteiger partial charge in [-0.25, -0.2) is 0 Å². The zero-order valence-electron chi connectivity index (χ0n) is 18.6. The molecule has 0 aliphatic rings. The second-order valence-corrected chi connectivity index (χ2v) is 10.4. The lowest BCUT2D eigenvalue weighted by molar-refractivity contribution is 0.102. The van der Waals surface area contributed by atoms with E-state index in [4.69, 9.17) is 11.6 Å². The third kappa shape index (κ3) is 4.77. The van der Waals surface area contributed by atoms with Gasteiger partial charge in [-0.1, -0.05) is 56.6 Å². The van der Waals surface area contributed by atoms with Gasteiger partial charge in [0.25, 0.3) is 5.91 Å². The van der Waals surface area contributed by atoms with Crippen LogP contribution in [0.2, 0.25) is 5.02 Å². The van der Waals surface area contributed by atoms with E-state index in [9.17, 15) is 4.79 Å². The molecule has 0 radical (unpaired) electrons. The summed E-state index contributed by atoms with van der Waals surface area (Å²) >= 11 is 8.37. The average Bonchev–Trinajstić information content (AvgIpc) is 3.15. The molecule has 4 aromatic rings. The fraction of sp³-hybridized carbons (Fsp3) is 0.185. The zero-order chi connectivity index (χ0) is 22.9. The van der Waals surface area contributed by atoms with Gasteiger partial charge in [-0.15, -0.1) is 11.3 Å². The Hall–Kier alpha value is -2.95. The highest BCUT2D eigenvalue weighted by molar-refractivity contribution is 7.16. The Morgan fingerprint density at radius 1 is 0.969 bits per heavy atom. The number of nitrogens with zero attached hydrogens (tertiary/aromatic N) is 1. The summed E-state index contributed by atoms with van der Waals surface area (Å²) in [5.74, 6) is -0.182. The second kappa shape index (κ2) is 8.89. The van der Waals surface area contributed by atoms with Crippen molar-refractivity contribution in [3.63, 3.8) is 0 Å². The molecule has 0 saturated heterocycles. The molecule has 1 N–H and O–H groups in total. The number of rotatable bonds is 4. The van der Waals surface area contributed by atoms with Crippen molar-refractivity contribution in [2.24, 2.45) is 0 Å². The van der Waals surface area contributed by atoms with Crippen molar-refractivity contribution < 1.29 is 4.79 Å². The van der Waals surface area contributed by atoms with Crippen molar-refractivity contribution in [2.75, 3.05) is 5.32 Å². The lowest BCUT2D eigenvalue weighted by Crippen LogP contribution is -2.13. The quantitative estimate of drug-likeness (QED) is 0.335. The average molecular weight is 461 g/mol. The molecule has 0 aliphatic heterocycles. The molecule has 32 heavy (non-hydrogen) atoms. The van der Waals surface area contributed by atoms with Crippen LogP contribution in [0.5, 0.6) is 0 Å². The van der Waals surface area contributed by atoms with Gasteiger partial charge in [-0.2, -0.15) is 0 Å². The molecule has 0 aliphatic carbocycles. The fourth-order valence-corrected chi connectivity index (χ4v) is 4.80. The number of benzene rings is 2. The topological polar surface area (TPSA) is 42.0 Å². The molecule has 0 spiro atoms. The zero-order valence-corrected chi connectivity index (χ0v) is 20.1. The normalized spacial score (nSPS) is 11.4. The summed E-state index contributed by atoms with van der Waals surface area (Å²) in [6, 6.07) is 21.2. The molecular weight excluding hydrogens is 436 g/mol. The minimum Gasteiger partial charge on any atom is -0.322 e. The summed E-state index contributed by atoms with van der Waals surface area (Å²) in [6.45, 7) is 8.60. The van der Waals surface area contributed by atoms with E-state index in [1.807, 2.05) is 54.7 Å². The Balaban J connectivity index is 1.62. The Morgan fingerprint density at radius 3 is 2.41 bits per heavy atom. The number of halogens is 1. The molecule has 0 fully saturated rings. The first-order chi connectivity index (χ1) is 15.2. The van der Waals surface area contributed by atoms with Crippen molar-refractivity contribution in [2.45, 2.75) is 33.1 Å². The van der Waals surface area contributed by atoms with Crippen molar-refractivity contribution in [1.29, 1.82) is 0 Å². The van der Waals surface area contributed by atoms with Crippen LogP contribution in [0.3, 0.4) is 0 Å². The van der Waals surface area contributed by atoms with Gasteiger partial charge in [0.2, 0.25) is 0 Å². The van der Waals surface area contributed by atoms with Crippen LogP contribution in [0, 0.1) is 6.92 Å². The first kappa shape index (κ1) is 22.3. The summed E-state index contributed by atoms with van der Waals surface area (Å²) in [6.07, 6.45) is 1.87. The molecule has 0 saturated carbocycles. The van der Waals surface area contributed by atoms with Gasteiger partial charge >= 0.3 is 0 Å². The predicted molar refractivity (Wildman–Crippen MR) is 136 cm³/mol. The van der Waals surface area contributed by atoms with Crippen LogP contribution in [0.25, 0.3) is 21.6 Å². The number of nitrogens with one attached hydrogen (secondary N) is 1. The molecular formula is C27H25ClN2OS. The standard InChI is InChI=1S/C27H25ClN2OS/c1-17-22(16-24(32-17)18-12-13-29-25(15-18)27(2,3)4)21-11-10-19(14-23(21)28)26(31)30-20-8-6-5-7-9-20/h5-16H,1-4H3,(H,30,31). The lowest BCUT2D eigenvalue weighted by Gasteiger charge is -2.17. The largest absolute Gasteiger partial charge is 0.322 e. The number of thiophene rings is 1. The number of aromatic nitrogens is 1. The number of amides is 1. The van der Waals surface area contributed by atoms with Crippen molar-refractivity contribution in [1.82, 2.24) is 4.98 Å². The summed E-state index contributed by atoms with van der Waals surface area (Å²) in [7, 11) is 0. The van der Waals surface area contributed by atoms with E-state index in [0.29, 0.717) is 10.6 Å². The minimum atomic E-state index is -0.182. The van der Waals surface area contributed by atoms with Crippen molar-refractivity contribution >= 4 is 34.5 Å². The highest BCUT2D eigenvalue weighted by Crippen LogP contribution is 2.40. The van der Waals surface area contributed by atoms with E-state index in [2.05, 4.69) is 50.1 Å². The molecule has 162 valence electrons. The van der Waals surface area contributed by atoms with Gasteiger partial charge in [-0.05, 0) is 60.5 Å². The van der Waals surface area contributed by atoms with Crippen LogP contribution in [0.4, 0.5) is 5.69 Å². The summed E-state index contributed by atoms with van der Waals surface area (Å²) < 4.78 is 0. The first-order valence-electron chi connectivity index (χ1n) is 10.5. The number of anilines is 1. The highest BCUT2D eigenvalue weighted by Gasteiger charge is 2.18. The Bertz CT molecular complexity index is 1270. The minimum absolute atomic E-state index is 0.00932. The SMILES string of the molecule is Cc1sc(-c2ccnc(C(C)(C)C)c2)cc1-c1ccc(C(=O)Nc2ccccc2)cc1Cl. The van der Waals surface area contributed by atoms with E-state index in [-0.39, 0.29) is 11.3 Å². The summed E-state index contributed by atoms with van der Waals surface area (Å²) in [4.78, 5) is 19.5. The molecule has 0 atom stereocenters. The number of carbonyl (C=O) groups excluding carboxylic acids is 1. The van der Waals surface area contributed by atoms with Crippen LogP contribution in [-0.2, 0) is 5.41 Å². The van der Waals surface area contributed by atoms with Crippen molar-refractivity contribution in [3.8, 4) is 21.6 Å². The third-order valence-corrected chi connectivity index (χ3v) is 6.70. The van der Waals surface area contributed by atoms with Gasteiger partial charge in [0.05, 0.1) is 0 Å². The van der Waals surface area contributed by atoms with Gasteiger partial charge in [0, 0.05) is 48.9 Å². The second-order valence-electron chi connectivity index (χ2n) is 8.78. The van der Waals surface area contributed by atoms with Crippen LogP contribution in [0.1, 0.15) is 41.7 Å². The van der Waals surface area contributed by atoms with Crippen LogP contribution >= 0.6 is 22.9 Å². The number of hydrogen-bond donors (Lipinski definition) is 1. The number of hydrogen-bond acceptors (Lipinski definition) is 3. The molecule has 5 heteroatoms. The molecule has 3 nitrogen and oxygen atoms in total. The van der Waals surface area contributed by atoms with E-state index < -0.39 is 0 Å². The first-order valence-corrected chi connectivity index (χ1v) is 11.7. The Labute approximate surface area is 198 Å². The number of aryl methyl sites for hydroxylation is 1.